The maximum atomic E-state index is 12.1. The highest BCUT2D eigenvalue weighted by molar-refractivity contribution is 7.11. The second kappa shape index (κ2) is 5.50. The van der Waals surface area contributed by atoms with E-state index < -0.39 is 5.91 Å². The molecule has 0 spiro atoms. The fourth-order valence-corrected chi connectivity index (χ4v) is 2.97. The molecule has 0 aliphatic heterocycles. The Morgan fingerprint density at radius 1 is 1.30 bits per heavy atom. The summed E-state index contributed by atoms with van der Waals surface area (Å²) in [6.45, 7) is 5.64. The molecule has 1 aromatic carbocycles. The molecule has 5 nitrogen and oxygen atoms in total. The second-order valence-electron chi connectivity index (χ2n) is 4.55. The van der Waals surface area contributed by atoms with Crippen LogP contribution >= 0.6 is 11.3 Å². The maximum Gasteiger partial charge on any atom is 0.259 e. The van der Waals surface area contributed by atoms with Crippen molar-refractivity contribution in [1.82, 2.24) is 10.3 Å². The number of hydrogen-bond acceptors (Lipinski definition) is 5. The van der Waals surface area contributed by atoms with E-state index in [1.165, 1.54) is 29.5 Å². The first kappa shape index (κ1) is 14.3. The number of amides is 1. The Morgan fingerprint density at radius 3 is 2.40 bits per heavy atom. The van der Waals surface area contributed by atoms with Gasteiger partial charge >= 0.3 is 0 Å². The molecule has 3 N–H and O–H groups in total. The summed E-state index contributed by atoms with van der Waals surface area (Å²) in [6.07, 6.45) is 0. The van der Waals surface area contributed by atoms with Crippen LogP contribution in [0.2, 0.25) is 0 Å². The smallest absolute Gasteiger partial charge is 0.259 e. The van der Waals surface area contributed by atoms with Crippen LogP contribution in [-0.4, -0.2) is 21.1 Å². The molecule has 0 aliphatic rings. The molecule has 0 fully saturated rings. The van der Waals surface area contributed by atoms with Crippen LogP contribution in [0, 0.1) is 13.8 Å². The third-order valence-electron chi connectivity index (χ3n) is 2.93. The Bertz CT molecular complexity index is 632. The van der Waals surface area contributed by atoms with Gasteiger partial charge in [-0.25, -0.2) is 4.98 Å². The molecule has 6 heteroatoms. The molecule has 1 aromatic heterocycles. The topological polar surface area (TPSA) is 82.5 Å². The van der Waals surface area contributed by atoms with Gasteiger partial charge in [-0.05, 0) is 32.9 Å². The summed E-state index contributed by atoms with van der Waals surface area (Å²) >= 11 is 1.52. The van der Waals surface area contributed by atoms with Crippen molar-refractivity contribution < 1.29 is 15.0 Å². The van der Waals surface area contributed by atoms with Gasteiger partial charge < -0.3 is 15.5 Å². The Morgan fingerprint density at radius 2 is 1.90 bits per heavy atom. The zero-order chi connectivity index (χ0) is 14.9. The summed E-state index contributed by atoms with van der Waals surface area (Å²) in [6, 6.07) is 3.96. The number of carbonyl (C=O) groups excluding carboxylic acids is 1. The van der Waals surface area contributed by atoms with Gasteiger partial charge in [0.05, 0.1) is 16.7 Å². The molecule has 0 bridgehead atoms. The molecular formula is C14H16N2O3S. The Hall–Kier alpha value is -2.08. The van der Waals surface area contributed by atoms with E-state index in [1.807, 2.05) is 20.8 Å². The largest absolute Gasteiger partial charge is 0.507 e. The first-order valence-corrected chi connectivity index (χ1v) is 6.97. The van der Waals surface area contributed by atoms with E-state index in [4.69, 9.17) is 0 Å². The van der Waals surface area contributed by atoms with Crippen molar-refractivity contribution in [2.24, 2.45) is 0 Å². The highest BCUT2D eigenvalue weighted by atomic mass is 32.1. The number of phenolic OH excluding ortho intramolecular Hbond substituents is 2. The van der Waals surface area contributed by atoms with Crippen LogP contribution in [0.15, 0.2) is 18.2 Å². The number of rotatable bonds is 3. The minimum atomic E-state index is -0.515. The van der Waals surface area contributed by atoms with Crippen molar-refractivity contribution >= 4 is 17.2 Å². The van der Waals surface area contributed by atoms with Crippen LogP contribution in [0.4, 0.5) is 0 Å². The lowest BCUT2D eigenvalue weighted by Crippen LogP contribution is -2.26. The van der Waals surface area contributed by atoms with Crippen LogP contribution < -0.4 is 5.32 Å². The molecule has 0 radical (unpaired) electrons. The first-order valence-electron chi connectivity index (χ1n) is 6.16. The number of aromatic nitrogens is 1. The van der Waals surface area contributed by atoms with E-state index >= 15 is 0 Å². The molecule has 1 amide bonds. The van der Waals surface area contributed by atoms with Crippen LogP contribution in [0.25, 0.3) is 0 Å². The summed E-state index contributed by atoms with van der Waals surface area (Å²) in [4.78, 5) is 17.4. The molecule has 1 heterocycles. The lowest BCUT2D eigenvalue weighted by atomic mass is 10.1. The van der Waals surface area contributed by atoms with Crippen molar-refractivity contribution in [3.05, 3.63) is 39.3 Å². The number of hydrogen-bond donors (Lipinski definition) is 3. The third kappa shape index (κ3) is 2.75. The fourth-order valence-electron chi connectivity index (χ4n) is 2.04. The molecule has 2 rings (SSSR count). The lowest BCUT2D eigenvalue weighted by molar-refractivity contribution is 0.0935. The maximum absolute atomic E-state index is 12.1. The lowest BCUT2D eigenvalue weighted by Gasteiger charge is -2.14. The second-order valence-corrected chi connectivity index (χ2v) is 5.78. The number of aryl methyl sites for hydroxylation is 2. The summed E-state index contributed by atoms with van der Waals surface area (Å²) in [5.41, 5.74) is 0.764. The van der Waals surface area contributed by atoms with Crippen LogP contribution in [0.3, 0.4) is 0 Å². The average molecular weight is 292 g/mol. The summed E-state index contributed by atoms with van der Waals surface area (Å²) in [5.74, 6) is -1.00. The van der Waals surface area contributed by atoms with Crippen molar-refractivity contribution in [1.29, 1.82) is 0 Å². The molecular weight excluding hydrogens is 276 g/mol. The van der Waals surface area contributed by atoms with Gasteiger partial charge in [0.25, 0.3) is 5.91 Å². The van der Waals surface area contributed by atoms with Gasteiger partial charge in [-0.15, -0.1) is 11.3 Å². The Balaban J connectivity index is 2.22. The minimum Gasteiger partial charge on any atom is -0.507 e. The van der Waals surface area contributed by atoms with Gasteiger partial charge in [0, 0.05) is 4.88 Å². The standard InChI is InChI=1S/C14H16N2O3S/c1-7-13(20-9(3)15-7)8(2)16-14(19)12-10(17)5-4-6-11(12)18/h4-6,8,17-18H,1-3H3,(H,16,19). The monoisotopic (exact) mass is 292 g/mol. The van der Waals surface area contributed by atoms with Crippen molar-refractivity contribution in [3.63, 3.8) is 0 Å². The predicted octanol–water partition coefficient (Wildman–Crippen LogP) is 2.66. The van der Waals surface area contributed by atoms with Gasteiger partial charge in [0.2, 0.25) is 0 Å². The van der Waals surface area contributed by atoms with E-state index in [1.54, 1.807) is 0 Å². The van der Waals surface area contributed by atoms with E-state index in [0.29, 0.717) is 0 Å². The third-order valence-corrected chi connectivity index (χ3v) is 4.18. The van der Waals surface area contributed by atoms with E-state index in [2.05, 4.69) is 10.3 Å². The number of carbonyl (C=O) groups is 1. The predicted molar refractivity (Wildman–Crippen MR) is 77.2 cm³/mol. The highest BCUT2D eigenvalue weighted by Crippen LogP contribution is 2.28. The van der Waals surface area contributed by atoms with Gasteiger partial charge in [-0.3, -0.25) is 4.79 Å². The summed E-state index contributed by atoms with van der Waals surface area (Å²) < 4.78 is 0. The van der Waals surface area contributed by atoms with Crippen molar-refractivity contribution in [3.8, 4) is 11.5 Å². The number of aromatic hydroxyl groups is 2. The molecule has 2 aromatic rings. The molecule has 0 saturated heterocycles. The zero-order valence-corrected chi connectivity index (χ0v) is 12.3. The number of thiazole rings is 1. The minimum absolute atomic E-state index is 0.113. The Kier molecular flexibility index (Phi) is 3.94. The molecule has 1 unspecified atom stereocenters. The van der Waals surface area contributed by atoms with Gasteiger partial charge in [0.15, 0.2) is 0 Å². The van der Waals surface area contributed by atoms with Crippen molar-refractivity contribution in [2.75, 3.05) is 0 Å². The quantitative estimate of drug-likeness (QED) is 0.812. The zero-order valence-electron chi connectivity index (χ0n) is 11.5. The van der Waals surface area contributed by atoms with E-state index in [0.717, 1.165) is 15.6 Å². The van der Waals surface area contributed by atoms with Gasteiger partial charge in [0.1, 0.15) is 17.1 Å². The number of benzene rings is 1. The normalized spacial score (nSPS) is 12.2. The molecule has 0 saturated carbocycles. The Labute approximate surface area is 120 Å². The molecule has 106 valence electrons. The highest BCUT2D eigenvalue weighted by Gasteiger charge is 2.20. The van der Waals surface area contributed by atoms with Crippen LogP contribution in [-0.2, 0) is 0 Å². The van der Waals surface area contributed by atoms with E-state index in [-0.39, 0.29) is 23.1 Å². The van der Waals surface area contributed by atoms with Crippen molar-refractivity contribution in [2.45, 2.75) is 26.8 Å². The molecule has 0 aliphatic carbocycles. The van der Waals surface area contributed by atoms with Gasteiger partial charge in [-0.2, -0.15) is 0 Å². The number of nitrogens with one attached hydrogen (secondary N) is 1. The first-order chi connectivity index (χ1) is 9.40. The van der Waals surface area contributed by atoms with Gasteiger partial charge in [-0.1, -0.05) is 6.07 Å². The van der Waals surface area contributed by atoms with Crippen LogP contribution in [0.1, 0.15) is 38.9 Å². The number of nitrogens with zero attached hydrogens (tertiary/aromatic N) is 1. The molecule has 1 atom stereocenters. The SMILES string of the molecule is Cc1nc(C)c(C(C)NC(=O)c2c(O)cccc2O)s1. The average Bonchev–Trinajstić information content (AvgIpc) is 2.68. The summed E-state index contributed by atoms with van der Waals surface area (Å²) in [7, 11) is 0. The molecule has 20 heavy (non-hydrogen) atoms. The van der Waals surface area contributed by atoms with E-state index in [9.17, 15) is 15.0 Å². The number of phenols is 2. The fraction of sp³-hybridized carbons (Fsp3) is 0.286. The summed E-state index contributed by atoms with van der Waals surface area (Å²) in [5, 5.41) is 23.0. The van der Waals surface area contributed by atoms with Crippen LogP contribution in [0.5, 0.6) is 11.5 Å².